The maximum absolute atomic E-state index is 3.83. The second-order valence-corrected chi connectivity index (χ2v) is 11.1. The van der Waals surface area contributed by atoms with Crippen LogP contribution in [0.2, 0.25) is 0 Å². The predicted molar refractivity (Wildman–Crippen MR) is 104 cm³/mol. The van der Waals surface area contributed by atoms with Gasteiger partial charge in [0.1, 0.15) is 0 Å². The molecule has 0 aliphatic rings. The second-order valence-electron chi connectivity index (χ2n) is 3.29. The Kier molecular flexibility index (Phi) is 6.03. The van der Waals surface area contributed by atoms with Crippen LogP contribution in [0.25, 0.3) is 12.2 Å². The minimum atomic E-state index is 1.08. The fraction of sp³-hybridized carbons (Fsp3) is 0. The Morgan fingerprint density at radius 1 is 0.789 bits per heavy atom. The number of hydrogen-bond acceptors (Lipinski definition) is 3. The van der Waals surface area contributed by atoms with Crippen molar-refractivity contribution in [2.24, 2.45) is 0 Å². The third kappa shape index (κ3) is 3.33. The number of hydrogen-bond donors (Lipinski definition) is 0. The van der Waals surface area contributed by atoms with Gasteiger partial charge in [-0.15, -0.1) is 22.7 Å². The van der Waals surface area contributed by atoms with Gasteiger partial charge in [-0.3, -0.25) is 0 Å². The molecule has 2 aromatic rings. The molecule has 0 bridgehead atoms. The van der Waals surface area contributed by atoms with E-state index in [0.717, 1.165) is 27.6 Å². The summed E-state index contributed by atoms with van der Waals surface area (Å²) >= 11 is 19.5. The Bertz CT molecular complexity index is 598. The Labute approximate surface area is 157 Å². The highest BCUT2D eigenvalue weighted by atomic mass is 79.9. The average Bonchev–Trinajstić information content (AvgIpc) is 2.78. The van der Waals surface area contributed by atoms with E-state index in [0.29, 0.717) is 0 Å². The second kappa shape index (κ2) is 6.94. The monoisotopic (exact) mass is 562 g/mol. The largest absolute Gasteiger partial charge is 0.120 e. The van der Waals surface area contributed by atoms with Crippen molar-refractivity contribution < 1.29 is 0 Å². The molecule has 2 rings (SSSR count). The van der Waals surface area contributed by atoms with Crippen LogP contribution in [0.1, 0.15) is 11.1 Å². The quantitative estimate of drug-likeness (QED) is 0.359. The molecule has 0 nitrogen and oxygen atoms in total. The molecule has 0 fully saturated rings. The number of halogens is 4. The van der Waals surface area contributed by atoms with E-state index in [9.17, 15) is 0 Å². The highest BCUT2D eigenvalue weighted by molar-refractivity contribution is 9.12. The molecular formula is C12H6Br4S3. The van der Waals surface area contributed by atoms with Gasteiger partial charge in [0, 0.05) is 11.1 Å². The van der Waals surface area contributed by atoms with Crippen LogP contribution in [0.15, 0.2) is 38.1 Å². The van der Waals surface area contributed by atoms with Gasteiger partial charge in [-0.2, -0.15) is 0 Å². The van der Waals surface area contributed by atoms with Gasteiger partial charge in [0.15, 0.2) is 0 Å². The van der Waals surface area contributed by atoms with E-state index in [1.807, 2.05) is 12.2 Å². The first-order chi connectivity index (χ1) is 8.99. The van der Waals surface area contributed by atoms with Gasteiger partial charge in [0.05, 0.1) is 24.9 Å². The summed E-state index contributed by atoms with van der Waals surface area (Å²) in [5.74, 6) is 0. The molecule has 0 amide bonds. The van der Waals surface area contributed by atoms with E-state index in [1.54, 1.807) is 34.4 Å². The molecule has 2 aromatic heterocycles. The van der Waals surface area contributed by atoms with Gasteiger partial charge in [-0.1, -0.05) is 37.1 Å². The predicted octanol–water partition coefficient (Wildman–Crippen LogP) is 8.30. The summed E-state index contributed by atoms with van der Waals surface area (Å²) in [6, 6.07) is 0. The fourth-order valence-corrected chi connectivity index (χ4v) is 9.50. The van der Waals surface area contributed by atoms with Crippen molar-refractivity contribution in [1.82, 2.24) is 0 Å². The van der Waals surface area contributed by atoms with E-state index in [4.69, 9.17) is 0 Å². The molecular weight excluding hydrogens is 560 g/mol. The summed E-state index contributed by atoms with van der Waals surface area (Å²) in [6.45, 7) is 7.66. The molecule has 0 unspecified atom stereocenters. The molecule has 0 saturated carbocycles. The van der Waals surface area contributed by atoms with Crippen LogP contribution in [-0.4, -0.2) is 0 Å². The standard InChI is InChI=1S/C12H6Br4S3/c1-3-5-7(13)11(17-9(5)15)19-12-8(14)6(4-2)10(16)18-12/h3-4H,1-2H2. The van der Waals surface area contributed by atoms with Gasteiger partial charge in [0.25, 0.3) is 0 Å². The van der Waals surface area contributed by atoms with Crippen LogP contribution in [0.4, 0.5) is 0 Å². The molecule has 0 radical (unpaired) electrons. The van der Waals surface area contributed by atoms with Crippen molar-refractivity contribution in [3.05, 3.63) is 40.8 Å². The van der Waals surface area contributed by atoms with E-state index in [-0.39, 0.29) is 0 Å². The summed E-state index contributed by atoms with van der Waals surface area (Å²) in [6.07, 6.45) is 3.70. The summed E-state index contributed by atoms with van der Waals surface area (Å²) in [4.78, 5) is 0. The first-order valence-electron chi connectivity index (χ1n) is 4.87. The highest BCUT2D eigenvalue weighted by Crippen LogP contribution is 2.51. The number of thiophene rings is 2. The zero-order valence-corrected chi connectivity index (χ0v) is 18.1. The minimum Gasteiger partial charge on any atom is -0.120 e. The minimum absolute atomic E-state index is 1.08. The van der Waals surface area contributed by atoms with Crippen LogP contribution < -0.4 is 0 Å². The summed E-state index contributed by atoms with van der Waals surface area (Å²) in [7, 11) is 0. The first kappa shape index (κ1) is 16.5. The van der Waals surface area contributed by atoms with Gasteiger partial charge in [-0.25, -0.2) is 0 Å². The number of rotatable bonds is 4. The normalized spacial score (nSPS) is 10.7. The highest BCUT2D eigenvalue weighted by Gasteiger charge is 2.18. The first-order valence-corrected chi connectivity index (χ1v) is 10.5. The summed E-state index contributed by atoms with van der Waals surface area (Å²) in [5.41, 5.74) is 2.20. The van der Waals surface area contributed by atoms with Crippen molar-refractivity contribution in [3.8, 4) is 0 Å². The molecule has 19 heavy (non-hydrogen) atoms. The average molecular weight is 566 g/mol. The van der Waals surface area contributed by atoms with Gasteiger partial charge in [-0.05, 0) is 63.7 Å². The van der Waals surface area contributed by atoms with Gasteiger partial charge < -0.3 is 0 Å². The molecule has 0 aliphatic heterocycles. The smallest absolute Gasteiger partial charge is 0.0815 e. The van der Waals surface area contributed by atoms with Gasteiger partial charge in [0.2, 0.25) is 0 Å². The van der Waals surface area contributed by atoms with Crippen LogP contribution in [0.3, 0.4) is 0 Å². The van der Waals surface area contributed by atoms with Crippen molar-refractivity contribution in [2.45, 2.75) is 8.42 Å². The van der Waals surface area contributed by atoms with Crippen LogP contribution >= 0.6 is 98.2 Å². The van der Waals surface area contributed by atoms with E-state index >= 15 is 0 Å². The van der Waals surface area contributed by atoms with E-state index in [2.05, 4.69) is 76.9 Å². The zero-order valence-electron chi connectivity index (χ0n) is 9.31. The molecule has 2 heterocycles. The van der Waals surface area contributed by atoms with Crippen molar-refractivity contribution in [1.29, 1.82) is 0 Å². The van der Waals surface area contributed by atoms with Crippen LogP contribution in [0.5, 0.6) is 0 Å². The summed E-state index contributed by atoms with van der Waals surface area (Å²) in [5, 5.41) is 0. The lowest BCUT2D eigenvalue weighted by Crippen LogP contribution is -1.70. The third-order valence-corrected chi connectivity index (χ3v) is 10.1. The lowest BCUT2D eigenvalue weighted by molar-refractivity contribution is 1.55. The Balaban J connectivity index is 2.42. The SMILES string of the molecule is C=Cc1c(Br)sc(Sc2sc(Br)c(C=C)c2Br)c1Br. The Morgan fingerprint density at radius 2 is 1.16 bits per heavy atom. The molecule has 0 atom stereocenters. The van der Waals surface area contributed by atoms with Gasteiger partial charge >= 0.3 is 0 Å². The maximum Gasteiger partial charge on any atom is 0.0815 e. The van der Waals surface area contributed by atoms with E-state index in [1.165, 1.54) is 8.42 Å². The van der Waals surface area contributed by atoms with Crippen molar-refractivity contribution in [3.63, 3.8) is 0 Å². The van der Waals surface area contributed by atoms with Crippen molar-refractivity contribution >= 4 is 110 Å². The fourth-order valence-electron chi connectivity index (χ4n) is 1.31. The lowest BCUT2D eigenvalue weighted by Gasteiger charge is -1.97. The Hall–Kier alpha value is 1.15. The molecule has 0 aromatic carbocycles. The summed E-state index contributed by atoms with van der Waals surface area (Å²) < 4.78 is 6.75. The van der Waals surface area contributed by atoms with Crippen LogP contribution in [0, 0.1) is 0 Å². The molecule has 0 spiro atoms. The maximum atomic E-state index is 3.83. The molecule has 100 valence electrons. The van der Waals surface area contributed by atoms with E-state index < -0.39 is 0 Å². The molecule has 0 aliphatic carbocycles. The molecule has 7 heteroatoms. The Morgan fingerprint density at radius 3 is 1.42 bits per heavy atom. The van der Waals surface area contributed by atoms with Crippen LogP contribution in [-0.2, 0) is 0 Å². The van der Waals surface area contributed by atoms with Crippen molar-refractivity contribution in [2.75, 3.05) is 0 Å². The third-order valence-electron chi connectivity index (χ3n) is 2.21. The lowest BCUT2D eigenvalue weighted by atomic mass is 10.3. The molecule has 0 saturated heterocycles. The zero-order chi connectivity index (χ0) is 14.2. The topological polar surface area (TPSA) is 0 Å². The molecule has 0 N–H and O–H groups in total.